The Morgan fingerprint density at radius 1 is 1.40 bits per heavy atom. The number of carboxylic acids is 1. The van der Waals surface area contributed by atoms with Gasteiger partial charge in [0.05, 0.1) is 5.56 Å². The number of sulfonamides is 1. The molecule has 1 aromatic carbocycles. The zero-order valence-corrected chi connectivity index (χ0v) is 12.2. The van der Waals surface area contributed by atoms with Crippen LogP contribution in [0.1, 0.15) is 43.5 Å². The standard InChI is InChI=1S/C13H18FNO4S/c1-3-5-10(4-2)15-20(18,19)12-7-6-9(13(16)17)8-11(12)14/h6-8,10,15H,3-5H2,1-2H3,(H,16,17). The molecule has 1 aromatic rings. The number of rotatable bonds is 7. The number of benzene rings is 1. The Balaban J connectivity index is 3.06. The van der Waals surface area contributed by atoms with Crippen LogP contribution in [0.25, 0.3) is 0 Å². The summed E-state index contributed by atoms with van der Waals surface area (Å²) in [6.07, 6.45) is 2.06. The molecule has 1 rings (SSSR count). The Morgan fingerprint density at radius 3 is 2.50 bits per heavy atom. The SMILES string of the molecule is CCCC(CC)NS(=O)(=O)c1ccc(C(=O)O)cc1F. The zero-order valence-electron chi connectivity index (χ0n) is 11.4. The fourth-order valence-corrected chi connectivity index (χ4v) is 3.24. The molecule has 0 aliphatic heterocycles. The number of hydrogen-bond acceptors (Lipinski definition) is 3. The van der Waals surface area contributed by atoms with Gasteiger partial charge in [0.2, 0.25) is 10.0 Å². The minimum absolute atomic E-state index is 0.261. The molecule has 0 aliphatic carbocycles. The molecule has 0 heterocycles. The van der Waals surface area contributed by atoms with E-state index in [1.54, 1.807) is 0 Å². The second-order valence-corrected chi connectivity index (χ2v) is 6.15. The molecule has 2 N–H and O–H groups in total. The van der Waals surface area contributed by atoms with E-state index in [2.05, 4.69) is 4.72 Å². The lowest BCUT2D eigenvalue weighted by atomic mass is 10.1. The Kier molecular flexibility index (Phi) is 5.64. The van der Waals surface area contributed by atoms with Crippen molar-refractivity contribution in [1.82, 2.24) is 4.72 Å². The van der Waals surface area contributed by atoms with Crippen LogP contribution in [0, 0.1) is 5.82 Å². The van der Waals surface area contributed by atoms with E-state index >= 15 is 0 Å². The van der Waals surface area contributed by atoms with Crippen LogP contribution in [0.5, 0.6) is 0 Å². The molecule has 7 heteroatoms. The average Bonchev–Trinajstić information content (AvgIpc) is 2.37. The lowest BCUT2D eigenvalue weighted by Gasteiger charge is -2.16. The molecule has 0 saturated carbocycles. The van der Waals surface area contributed by atoms with Gasteiger partial charge in [-0.1, -0.05) is 20.3 Å². The molecule has 1 atom stereocenters. The van der Waals surface area contributed by atoms with Gasteiger partial charge >= 0.3 is 5.97 Å². The van der Waals surface area contributed by atoms with Crippen molar-refractivity contribution in [2.45, 2.75) is 44.0 Å². The van der Waals surface area contributed by atoms with Gasteiger partial charge in [0.1, 0.15) is 10.7 Å². The molecule has 0 amide bonds. The summed E-state index contributed by atoms with van der Waals surface area (Å²) in [7, 11) is -3.98. The lowest BCUT2D eigenvalue weighted by Crippen LogP contribution is -2.34. The number of halogens is 1. The van der Waals surface area contributed by atoms with Gasteiger partial charge in [-0.05, 0) is 31.0 Å². The van der Waals surface area contributed by atoms with Gasteiger partial charge in [-0.2, -0.15) is 0 Å². The first-order valence-electron chi connectivity index (χ1n) is 6.37. The number of carbonyl (C=O) groups is 1. The largest absolute Gasteiger partial charge is 0.478 e. The molecule has 20 heavy (non-hydrogen) atoms. The highest BCUT2D eigenvalue weighted by molar-refractivity contribution is 7.89. The number of carboxylic acid groups (broad SMARTS) is 1. The second-order valence-electron chi connectivity index (χ2n) is 4.47. The van der Waals surface area contributed by atoms with E-state index in [0.29, 0.717) is 18.9 Å². The Bertz CT molecular complexity index is 586. The molecule has 0 aromatic heterocycles. The summed E-state index contributed by atoms with van der Waals surface area (Å²) in [6, 6.07) is 2.49. The van der Waals surface area contributed by atoms with Crippen LogP contribution in [0.3, 0.4) is 0 Å². The molecular formula is C13H18FNO4S. The maximum absolute atomic E-state index is 13.8. The van der Waals surface area contributed by atoms with Gasteiger partial charge in [0, 0.05) is 6.04 Å². The first-order valence-corrected chi connectivity index (χ1v) is 7.85. The molecule has 0 saturated heterocycles. The summed E-state index contributed by atoms with van der Waals surface area (Å²) in [5.74, 6) is -2.37. The highest BCUT2D eigenvalue weighted by atomic mass is 32.2. The average molecular weight is 303 g/mol. The fraction of sp³-hybridized carbons (Fsp3) is 0.462. The Labute approximate surface area is 117 Å². The van der Waals surface area contributed by atoms with E-state index in [4.69, 9.17) is 5.11 Å². The Hall–Kier alpha value is -1.47. The minimum Gasteiger partial charge on any atom is -0.478 e. The van der Waals surface area contributed by atoms with Crippen LogP contribution < -0.4 is 4.72 Å². The molecule has 0 fully saturated rings. The van der Waals surface area contributed by atoms with Gasteiger partial charge in [0.25, 0.3) is 0 Å². The predicted molar refractivity (Wildman–Crippen MR) is 72.7 cm³/mol. The van der Waals surface area contributed by atoms with Crippen LogP contribution in [-0.4, -0.2) is 25.5 Å². The summed E-state index contributed by atoms with van der Waals surface area (Å²) in [5, 5.41) is 8.72. The van der Waals surface area contributed by atoms with Crippen molar-refractivity contribution in [3.05, 3.63) is 29.6 Å². The molecule has 0 spiro atoms. The molecule has 112 valence electrons. The molecule has 0 bridgehead atoms. The van der Waals surface area contributed by atoms with Gasteiger partial charge < -0.3 is 5.11 Å². The normalized spacial score (nSPS) is 13.2. The number of hydrogen-bond donors (Lipinski definition) is 2. The molecule has 1 unspecified atom stereocenters. The van der Waals surface area contributed by atoms with Crippen molar-refractivity contribution in [2.75, 3.05) is 0 Å². The quantitative estimate of drug-likeness (QED) is 0.810. The summed E-state index contributed by atoms with van der Waals surface area (Å²) < 4.78 is 40.4. The van der Waals surface area contributed by atoms with Gasteiger partial charge in [-0.25, -0.2) is 22.3 Å². The van der Waals surface area contributed by atoms with Gasteiger partial charge in [-0.3, -0.25) is 0 Å². The van der Waals surface area contributed by atoms with Crippen molar-refractivity contribution < 1.29 is 22.7 Å². The summed E-state index contributed by atoms with van der Waals surface area (Å²) in [6.45, 7) is 3.77. The van der Waals surface area contributed by atoms with Crippen molar-refractivity contribution in [1.29, 1.82) is 0 Å². The minimum atomic E-state index is -3.98. The van der Waals surface area contributed by atoms with Crippen LogP contribution in [0.2, 0.25) is 0 Å². The molecule has 5 nitrogen and oxygen atoms in total. The molecule has 0 aliphatic rings. The first kappa shape index (κ1) is 16.6. The van der Waals surface area contributed by atoms with E-state index < -0.39 is 26.7 Å². The van der Waals surface area contributed by atoms with E-state index in [-0.39, 0.29) is 11.6 Å². The van der Waals surface area contributed by atoms with Crippen LogP contribution in [-0.2, 0) is 10.0 Å². The third kappa shape index (κ3) is 4.01. The highest BCUT2D eigenvalue weighted by Crippen LogP contribution is 2.17. The maximum atomic E-state index is 13.8. The summed E-state index contributed by atoms with van der Waals surface area (Å²) in [5.41, 5.74) is -0.290. The first-order chi connectivity index (χ1) is 9.31. The summed E-state index contributed by atoms with van der Waals surface area (Å²) >= 11 is 0. The van der Waals surface area contributed by atoms with Crippen molar-refractivity contribution in [3.63, 3.8) is 0 Å². The van der Waals surface area contributed by atoms with E-state index in [1.165, 1.54) is 0 Å². The van der Waals surface area contributed by atoms with Crippen molar-refractivity contribution in [2.24, 2.45) is 0 Å². The van der Waals surface area contributed by atoms with E-state index in [0.717, 1.165) is 18.6 Å². The van der Waals surface area contributed by atoms with E-state index in [9.17, 15) is 17.6 Å². The number of nitrogens with one attached hydrogen (secondary N) is 1. The highest BCUT2D eigenvalue weighted by Gasteiger charge is 2.23. The summed E-state index contributed by atoms with van der Waals surface area (Å²) in [4.78, 5) is 10.2. The van der Waals surface area contributed by atoms with Crippen LogP contribution in [0.4, 0.5) is 4.39 Å². The smallest absolute Gasteiger partial charge is 0.335 e. The Morgan fingerprint density at radius 2 is 2.05 bits per heavy atom. The molecule has 0 radical (unpaired) electrons. The van der Waals surface area contributed by atoms with E-state index in [1.807, 2.05) is 13.8 Å². The van der Waals surface area contributed by atoms with Gasteiger partial charge in [0.15, 0.2) is 0 Å². The van der Waals surface area contributed by atoms with Gasteiger partial charge in [-0.15, -0.1) is 0 Å². The second kappa shape index (κ2) is 6.81. The lowest BCUT2D eigenvalue weighted by molar-refractivity contribution is 0.0696. The van der Waals surface area contributed by atoms with Crippen LogP contribution >= 0.6 is 0 Å². The van der Waals surface area contributed by atoms with Crippen LogP contribution in [0.15, 0.2) is 23.1 Å². The third-order valence-corrected chi connectivity index (χ3v) is 4.47. The number of aromatic carboxylic acids is 1. The fourth-order valence-electron chi connectivity index (χ4n) is 1.83. The van der Waals surface area contributed by atoms with Crippen molar-refractivity contribution >= 4 is 16.0 Å². The zero-order chi connectivity index (χ0) is 15.3. The predicted octanol–water partition coefficient (Wildman–Crippen LogP) is 2.38. The van der Waals surface area contributed by atoms with Crippen molar-refractivity contribution in [3.8, 4) is 0 Å². The maximum Gasteiger partial charge on any atom is 0.335 e. The topological polar surface area (TPSA) is 83.5 Å². The third-order valence-electron chi connectivity index (χ3n) is 2.92. The molecular weight excluding hydrogens is 285 g/mol. The monoisotopic (exact) mass is 303 g/mol.